The number of nitro benzene ring substituents is 1. The van der Waals surface area contributed by atoms with Crippen LogP contribution in [-0.4, -0.2) is 37.1 Å². The van der Waals surface area contributed by atoms with E-state index >= 15 is 0 Å². The lowest BCUT2D eigenvalue weighted by atomic mass is 10.2. The number of non-ortho nitro benzene ring substituents is 1. The molecule has 0 fully saturated rings. The van der Waals surface area contributed by atoms with E-state index in [0.717, 1.165) is 5.56 Å². The van der Waals surface area contributed by atoms with Gasteiger partial charge in [0.15, 0.2) is 13.2 Å². The number of nitrogens with zero attached hydrogens (tertiary/aromatic N) is 1. The Labute approximate surface area is 165 Å². The molecular weight excluding hydrogens is 392 g/mol. The smallest absolute Gasteiger partial charge is 0.344 e. The summed E-state index contributed by atoms with van der Waals surface area (Å²) in [7, 11) is 1.31. The van der Waals surface area contributed by atoms with Crippen LogP contribution in [0.1, 0.15) is 5.56 Å². The number of nitro groups is 1. The van der Waals surface area contributed by atoms with Gasteiger partial charge in [-0.2, -0.15) is 0 Å². The van der Waals surface area contributed by atoms with Gasteiger partial charge in [-0.15, -0.1) is 0 Å². The summed E-state index contributed by atoms with van der Waals surface area (Å²) in [5.41, 5.74) is 0.925. The van der Waals surface area contributed by atoms with Crippen LogP contribution in [-0.2, 0) is 14.3 Å². The molecule has 0 aliphatic rings. The molecule has 9 nitrogen and oxygen atoms in total. The molecule has 0 aliphatic carbocycles. The highest BCUT2D eigenvalue weighted by atomic mass is 35.5. The van der Waals surface area contributed by atoms with Crippen LogP contribution >= 0.6 is 11.6 Å². The molecule has 0 radical (unpaired) electrons. The largest absolute Gasteiger partial charge is 0.494 e. The number of hydrogen-bond donors (Lipinski definition) is 1. The first-order valence-electron chi connectivity index (χ1n) is 7.97. The van der Waals surface area contributed by atoms with Gasteiger partial charge in [0.1, 0.15) is 11.5 Å². The molecule has 0 saturated heterocycles. The molecule has 148 valence electrons. The second kappa shape index (κ2) is 9.56. The quantitative estimate of drug-likeness (QED) is 0.405. The molecule has 0 unspecified atom stereocenters. The summed E-state index contributed by atoms with van der Waals surface area (Å²) in [6.45, 7) is 0.861. The molecule has 2 aromatic carbocycles. The molecule has 28 heavy (non-hydrogen) atoms. The topological polar surface area (TPSA) is 117 Å². The Morgan fingerprint density at radius 1 is 1.14 bits per heavy atom. The monoisotopic (exact) mass is 408 g/mol. The summed E-state index contributed by atoms with van der Waals surface area (Å²) in [6.07, 6.45) is 0. The van der Waals surface area contributed by atoms with Gasteiger partial charge in [0.25, 0.3) is 11.6 Å². The van der Waals surface area contributed by atoms with Gasteiger partial charge in [0.05, 0.1) is 28.8 Å². The summed E-state index contributed by atoms with van der Waals surface area (Å²) in [4.78, 5) is 33.9. The number of anilines is 1. The van der Waals surface area contributed by atoms with Crippen LogP contribution in [0, 0.1) is 17.0 Å². The zero-order valence-electron chi connectivity index (χ0n) is 15.1. The standard InChI is InChI=1S/C18H17ClN2O7/c1-11-3-5-13(19)15(7-11)27-10-18(23)28-9-17(22)20-14-6-4-12(21(24)25)8-16(14)26-2/h3-8H,9-10H2,1-2H3,(H,20,22). The first-order chi connectivity index (χ1) is 13.3. The number of carbonyl (C=O) groups excluding carboxylic acids is 2. The van der Waals surface area contributed by atoms with Crippen molar-refractivity contribution in [3.8, 4) is 11.5 Å². The Morgan fingerprint density at radius 2 is 1.89 bits per heavy atom. The minimum Gasteiger partial charge on any atom is -0.494 e. The number of nitrogens with one attached hydrogen (secondary N) is 1. The molecule has 10 heteroatoms. The van der Waals surface area contributed by atoms with Crippen molar-refractivity contribution in [2.24, 2.45) is 0 Å². The summed E-state index contributed by atoms with van der Waals surface area (Å²) < 4.78 is 15.1. The van der Waals surface area contributed by atoms with E-state index in [9.17, 15) is 19.7 Å². The maximum Gasteiger partial charge on any atom is 0.344 e. The minimum atomic E-state index is -0.761. The van der Waals surface area contributed by atoms with Gasteiger partial charge in [-0.25, -0.2) is 4.79 Å². The van der Waals surface area contributed by atoms with Crippen LogP contribution in [0.5, 0.6) is 11.5 Å². The van der Waals surface area contributed by atoms with E-state index in [1.165, 1.54) is 25.3 Å². The fourth-order valence-electron chi connectivity index (χ4n) is 2.13. The third-order valence-electron chi connectivity index (χ3n) is 3.47. The maximum absolute atomic E-state index is 11.9. The van der Waals surface area contributed by atoms with E-state index in [0.29, 0.717) is 10.8 Å². The zero-order chi connectivity index (χ0) is 20.7. The Bertz CT molecular complexity index is 901. The van der Waals surface area contributed by atoms with Crippen LogP contribution in [0.3, 0.4) is 0 Å². The van der Waals surface area contributed by atoms with Gasteiger partial charge in [-0.3, -0.25) is 14.9 Å². The number of carbonyl (C=O) groups is 2. The van der Waals surface area contributed by atoms with Crippen molar-refractivity contribution in [3.05, 3.63) is 57.1 Å². The molecular formula is C18H17ClN2O7. The van der Waals surface area contributed by atoms with Gasteiger partial charge >= 0.3 is 5.97 Å². The first kappa shape index (κ1) is 21.0. The predicted octanol–water partition coefficient (Wildman–Crippen LogP) is 3.13. The van der Waals surface area contributed by atoms with Crippen molar-refractivity contribution in [3.63, 3.8) is 0 Å². The van der Waals surface area contributed by atoms with Crippen molar-refractivity contribution in [2.45, 2.75) is 6.92 Å². The van der Waals surface area contributed by atoms with E-state index in [4.69, 9.17) is 25.8 Å². The second-order valence-corrected chi connectivity index (χ2v) is 5.98. The average molecular weight is 409 g/mol. The van der Waals surface area contributed by atoms with E-state index in [1.807, 2.05) is 6.92 Å². The second-order valence-electron chi connectivity index (χ2n) is 5.57. The predicted molar refractivity (Wildman–Crippen MR) is 101 cm³/mol. The molecule has 0 saturated carbocycles. The normalized spacial score (nSPS) is 10.1. The molecule has 1 amide bonds. The molecule has 0 bridgehead atoms. The van der Waals surface area contributed by atoms with Crippen molar-refractivity contribution in [2.75, 3.05) is 25.6 Å². The molecule has 0 aromatic heterocycles. The molecule has 2 rings (SSSR count). The van der Waals surface area contributed by atoms with Gasteiger partial charge in [-0.1, -0.05) is 17.7 Å². The highest BCUT2D eigenvalue weighted by Gasteiger charge is 2.15. The molecule has 0 aliphatic heterocycles. The lowest BCUT2D eigenvalue weighted by Gasteiger charge is -2.11. The van der Waals surface area contributed by atoms with Crippen LogP contribution in [0.4, 0.5) is 11.4 Å². The first-order valence-corrected chi connectivity index (χ1v) is 8.35. The third-order valence-corrected chi connectivity index (χ3v) is 3.78. The number of benzene rings is 2. The van der Waals surface area contributed by atoms with E-state index < -0.39 is 30.0 Å². The number of ether oxygens (including phenoxy) is 3. The van der Waals surface area contributed by atoms with Crippen molar-refractivity contribution < 1.29 is 28.7 Å². The maximum atomic E-state index is 11.9. The number of methoxy groups -OCH3 is 1. The SMILES string of the molecule is COc1cc([N+](=O)[O-])ccc1NC(=O)COC(=O)COc1cc(C)ccc1Cl. The molecule has 0 heterocycles. The molecule has 0 atom stereocenters. The number of hydrogen-bond acceptors (Lipinski definition) is 7. The third kappa shape index (κ3) is 5.85. The molecule has 2 aromatic rings. The lowest BCUT2D eigenvalue weighted by Crippen LogP contribution is -2.24. The summed E-state index contributed by atoms with van der Waals surface area (Å²) in [6, 6.07) is 8.81. The van der Waals surface area contributed by atoms with E-state index in [2.05, 4.69) is 5.32 Å². The zero-order valence-corrected chi connectivity index (χ0v) is 15.8. The van der Waals surface area contributed by atoms with E-state index in [1.54, 1.807) is 18.2 Å². The summed E-state index contributed by atoms with van der Waals surface area (Å²) in [5, 5.41) is 13.6. The number of aryl methyl sites for hydroxylation is 1. The fraction of sp³-hybridized carbons (Fsp3) is 0.222. The van der Waals surface area contributed by atoms with Crippen molar-refractivity contribution >= 4 is 34.9 Å². The summed E-state index contributed by atoms with van der Waals surface area (Å²) in [5.74, 6) is -0.970. The fourth-order valence-corrected chi connectivity index (χ4v) is 2.30. The van der Waals surface area contributed by atoms with Gasteiger partial charge < -0.3 is 19.5 Å². The van der Waals surface area contributed by atoms with Gasteiger partial charge in [-0.05, 0) is 30.7 Å². The molecule has 1 N–H and O–H groups in total. The highest BCUT2D eigenvalue weighted by molar-refractivity contribution is 6.32. The van der Waals surface area contributed by atoms with Gasteiger partial charge in [0.2, 0.25) is 0 Å². The Kier molecular flexibility index (Phi) is 7.16. The number of amides is 1. The van der Waals surface area contributed by atoms with Crippen LogP contribution in [0.25, 0.3) is 0 Å². The van der Waals surface area contributed by atoms with Crippen LogP contribution < -0.4 is 14.8 Å². The lowest BCUT2D eigenvalue weighted by molar-refractivity contribution is -0.384. The van der Waals surface area contributed by atoms with Crippen molar-refractivity contribution in [1.29, 1.82) is 0 Å². The Morgan fingerprint density at radius 3 is 2.57 bits per heavy atom. The number of halogens is 1. The minimum absolute atomic E-state index is 0.103. The average Bonchev–Trinajstić information content (AvgIpc) is 2.67. The Hall–Kier alpha value is -3.33. The van der Waals surface area contributed by atoms with Gasteiger partial charge in [0, 0.05) is 6.07 Å². The Balaban J connectivity index is 1.86. The summed E-state index contributed by atoms with van der Waals surface area (Å²) >= 11 is 5.96. The highest BCUT2D eigenvalue weighted by Crippen LogP contribution is 2.29. The molecule has 0 spiro atoms. The van der Waals surface area contributed by atoms with Crippen LogP contribution in [0.15, 0.2) is 36.4 Å². The number of rotatable bonds is 8. The van der Waals surface area contributed by atoms with Crippen molar-refractivity contribution in [1.82, 2.24) is 0 Å². The van der Waals surface area contributed by atoms with E-state index in [-0.39, 0.29) is 17.1 Å². The number of esters is 1. The van der Waals surface area contributed by atoms with Crippen LogP contribution in [0.2, 0.25) is 5.02 Å².